The molecule has 0 N–H and O–H groups in total. The van der Waals surface area contributed by atoms with Gasteiger partial charge < -0.3 is 14.4 Å². The van der Waals surface area contributed by atoms with Crippen molar-refractivity contribution in [1.82, 2.24) is 24.6 Å². The molecule has 1 atom stereocenters. The maximum Gasteiger partial charge on any atom is 0.223 e. The first-order valence-electron chi connectivity index (χ1n) is 10.7. The molecule has 0 radical (unpaired) electrons. The van der Waals surface area contributed by atoms with Crippen molar-refractivity contribution in [2.24, 2.45) is 0 Å². The molecule has 0 unspecified atom stereocenters. The number of hydrogen-bond donors (Lipinski definition) is 0. The molecule has 0 aliphatic carbocycles. The molecule has 2 aromatic rings. The Morgan fingerprint density at radius 1 is 0.931 bits per heavy atom. The van der Waals surface area contributed by atoms with Crippen molar-refractivity contribution in [2.45, 2.75) is 58.0 Å². The van der Waals surface area contributed by atoms with Gasteiger partial charge in [0.1, 0.15) is 0 Å². The molecular formula is C22H29N5O2. The molecule has 7 heteroatoms. The fraction of sp³-hybridized carbons (Fsp3) is 0.545. The van der Waals surface area contributed by atoms with Crippen LogP contribution in [0.15, 0.2) is 30.3 Å². The van der Waals surface area contributed by atoms with Crippen LogP contribution < -0.4 is 0 Å². The molecule has 1 aromatic heterocycles. The van der Waals surface area contributed by atoms with E-state index in [9.17, 15) is 9.59 Å². The number of carbonyl (C=O) groups excluding carboxylic acids is 2. The Bertz CT molecular complexity index is 855. The minimum absolute atomic E-state index is 0.0236. The molecule has 0 saturated carbocycles. The average molecular weight is 396 g/mol. The van der Waals surface area contributed by atoms with Crippen molar-refractivity contribution >= 4 is 11.8 Å². The van der Waals surface area contributed by atoms with Crippen LogP contribution in [-0.4, -0.2) is 56.0 Å². The molecule has 0 spiro atoms. The summed E-state index contributed by atoms with van der Waals surface area (Å²) in [5.74, 6) is 1.78. The molecule has 29 heavy (non-hydrogen) atoms. The maximum absolute atomic E-state index is 12.8. The van der Waals surface area contributed by atoms with E-state index in [2.05, 4.69) is 21.7 Å². The van der Waals surface area contributed by atoms with Gasteiger partial charge in [-0.05, 0) is 19.8 Å². The molecule has 3 heterocycles. The Labute approximate surface area is 171 Å². The van der Waals surface area contributed by atoms with Gasteiger partial charge in [0.15, 0.2) is 11.6 Å². The van der Waals surface area contributed by atoms with Gasteiger partial charge in [-0.2, -0.15) is 0 Å². The monoisotopic (exact) mass is 395 g/mol. The minimum atomic E-state index is 0.0236. The first kappa shape index (κ1) is 19.6. The molecule has 2 aliphatic heterocycles. The lowest BCUT2D eigenvalue weighted by Gasteiger charge is -2.32. The summed E-state index contributed by atoms with van der Waals surface area (Å²) >= 11 is 0. The molecule has 2 aliphatic rings. The van der Waals surface area contributed by atoms with Gasteiger partial charge in [-0.3, -0.25) is 9.59 Å². The standard InChI is InChI=1S/C22H29N5O2/c1-17-15-26(21(29)12-11-20(28)25-13-7-2-3-8-14-25)16-19-23-24-22(27(17)19)18-9-5-4-6-10-18/h4-6,9-10,17H,2-3,7-8,11-16H2,1H3/t17-/m0/s1. The second kappa shape index (κ2) is 8.76. The smallest absolute Gasteiger partial charge is 0.223 e. The number of benzene rings is 1. The number of nitrogens with zero attached hydrogens (tertiary/aromatic N) is 5. The lowest BCUT2D eigenvalue weighted by molar-refractivity contribution is -0.138. The Hall–Kier alpha value is -2.70. The van der Waals surface area contributed by atoms with E-state index in [-0.39, 0.29) is 24.3 Å². The Morgan fingerprint density at radius 2 is 1.59 bits per heavy atom. The largest absolute Gasteiger partial charge is 0.343 e. The van der Waals surface area contributed by atoms with Crippen LogP contribution in [0.25, 0.3) is 11.4 Å². The maximum atomic E-state index is 12.8. The number of fused-ring (bicyclic) bond motifs is 1. The third kappa shape index (κ3) is 4.33. The highest BCUT2D eigenvalue weighted by molar-refractivity contribution is 5.84. The highest BCUT2D eigenvalue weighted by Gasteiger charge is 2.30. The van der Waals surface area contributed by atoms with E-state index in [1.165, 1.54) is 12.8 Å². The van der Waals surface area contributed by atoms with Gasteiger partial charge in [0.2, 0.25) is 11.8 Å². The first-order chi connectivity index (χ1) is 14.1. The van der Waals surface area contributed by atoms with E-state index in [1.54, 1.807) is 0 Å². The SMILES string of the molecule is C[C@H]1CN(C(=O)CCC(=O)N2CCCCCC2)Cc2nnc(-c3ccccc3)n21. The summed E-state index contributed by atoms with van der Waals surface area (Å²) in [6.07, 6.45) is 5.10. The lowest BCUT2D eigenvalue weighted by atomic mass is 10.1. The van der Waals surface area contributed by atoms with Crippen molar-refractivity contribution in [1.29, 1.82) is 0 Å². The predicted octanol–water partition coefficient (Wildman–Crippen LogP) is 3.03. The van der Waals surface area contributed by atoms with Crippen LogP contribution in [0.5, 0.6) is 0 Å². The van der Waals surface area contributed by atoms with Gasteiger partial charge in [-0.1, -0.05) is 43.2 Å². The molecule has 4 rings (SSSR count). The second-order valence-electron chi connectivity index (χ2n) is 8.09. The minimum Gasteiger partial charge on any atom is -0.343 e. The summed E-state index contributed by atoms with van der Waals surface area (Å²) in [5, 5.41) is 8.71. The molecule has 1 aromatic carbocycles. The van der Waals surface area contributed by atoms with E-state index in [4.69, 9.17) is 0 Å². The third-order valence-electron chi connectivity index (χ3n) is 5.92. The van der Waals surface area contributed by atoms with E-state index in [0.29, 0.717) is 19.5 Å². The van der Waals surface area contributed by atoms with E-state index in [0.717, 1.165) is 43.1 Å². The first-order valence-corrected chi connectivity index (χ1v) is 10.7. The number of likely N-dealkylation sites (tertiary alicyclic amines) is 1. The van der Waals surface area contributed by atoms with Crippen LogP contribution in [0, 0.1) is 0 Å². The van der Waals surface area contributed by atoms with Gasteiger partial charge in [0.25, 0.3) is 0 Å². The molecule has 154 valence electrons. The van der Waals surface area contributed by atoms with Gasteiger partial charge in [-0.25, -0.2) is 0 Å². The van der Waals surface area contributed by atoms with E-state index >= 15 is 0 Å². The summed E-state index contributed by atoms with van der Waals surface area (Å²) in [5.41, 5.74) is 1.03. The van der Waals surface area contributed by atoms with Crippen molar-refractivity contribution in [3.8, 4) is 11.4 Å². The number of aromatic nitrogens is 3. The zero-order valence-electron chi connectivity index (χ0n) is 17.1. The molecule has 1 saturated heterocycles. The summed E-state index contributed by atoms with van der Waals surface area (Å²) in [7, 11) is 0. The second-order valence-corrected chi connectivity index (χ2v) is 8.09. The predicted molar refractivity (Wildman–Crippen MR) is 110 cm³/mol. The third-order valence-corrected chi connectivity index (χ3v) is 5.92. The zero-order valence-corrected chi connectivity index (χ0v) is 17.1. The van der Waals surface area contributed by atoms with E-state index < -0.39 is 0 Å². The summed E-state index contributed by atoms with van der Waals surface area (Å²) in [6, 6.07) is 10.1. The van der Waals surface area contributed by atoms with Crippen LogP contribution in [0.4, 0.5) is 0 Å². The van der Waals surface area contributed by atoms with Crippen LogP contribution >= 0.6 is 0 Å². The fourth-order valence-corrected chi connectivity index (χ4v) is 4.35. The van der Waals surface area contributed by atoms with Crippen LogP contribution in [-0.2, 0) is 16.1 Å². The molecule has 2 amide bonds. The normalized spacial score (nSPS) is 19.6. The number of amides is 2. The fourth-order valence-electron chi connectivity index (χ4n) is 4.35. The Morgan fingerprint density at radius 3 is 2.28 bits per heavy atom. The van der Waals surface area contributed by atoms with Crippen molar-refractivity contribution in [3.63, 3.8) is 0 Å². The van der Waals surface area contributed by atoms with Gasteiger partial charge >= 0.3 is 0 Å². The number of carbonyl (C=O) groups is 2. The summed E-state index contributed by atoms with van der Waals surface area (Å²) < 4.78 is 2.13. The average Bonchev–Trinajstić information content (AvgIpc) is 2.99. The van der Waals surface area contributed by atoms with Gasteiger partial charge in [0.05, 0.1) is 12.6 Å². The molecule has 7 nitrogen and oxygen atoms in total. The number of hydrogen-bond acceptors (Lipinski definition) is 4. The van der Waals surface area contributed by atoms with Gasteiger partial charge in [0, 0.05) is 38.0 Å². The van der Waals surface area contributed by atoms with Crippen LogP contribution in [0.1, 0.15) is 57.3 Å². The van der Waals surface area contributed by atoms with Crippen LogP contribution in [0.2, 0.25) is 0 Å². The topological polar surface area (TPSA) is 71.3 Å². The number of rotatable bonds is 4. The lowest BCUT2D eigenvalue weighted by Crippen LogP contribution is -2.41. The Balaban J connectivity index is 1.38. The zero-order chi connectivity index (χ0) is 20.2. The molecule has 0 bridgehead atoms. The molecule has 1 fully saturated rings. The van der Waals surface area contributed by atoms with E-state index in [1.807, 2.05) is 40.1 Å². The summed E-state index contributed by atoms with van der Waals surface area (Å²) in [6.45, 7) is 4.81. The van der Waals surface area contributed by atoms with Crippen molar-refractivity contribution in [2.75, 3.05) is 19.6 Å². The summed E-state index contributed by atoms with van der Waals surface area (Å²) in [4.78, 5) is 29.0. The van der Waals surface area contributed by atoms with Gasteiger partial charge in [-0.15, -0.1) is 10.2 Å². The highest BCUT2D eigenvalue weighted by atomic mass is 16.2. The highest BCUT2D eigenvalue weighted by Crippen LogP contribution is 2.27. The quantitative estimate of drug-likeness (QED) is 0.798. The van der Waals surface area contributed by atoms with Crippen molar-refractivity contribution in [3.05, 3.63) is 36.2 Å². The Kier molecular flexibility index (Phi) is 5.92. The molecular weight excluding hydrogens is 366 g/mol. The van der Waals surface area contributed by atoms with Crippen LogP contribution in [0.3, 0.4) is 0 Å². The van der Waals surface area contributed by atoms with Crippen molar-refractivity contribution < 1.29 is 9.59 Å².